The Labute approximate surface area is 84.9 Å². The first-order chi connectivity index (χ1) is 6.72. The Morgan fingerprint density at radius 3 is 2.43 bits per heavy atom. The molecule has 14 heavy (non-hydrogen) atoms. The second-order valence-electron chi connectivity index (χ2n) is 3.28. The van der Waals surface area contributed by atoms with Gasteiger partial charge in [-0.3, -0.25) is 0 Å². The quantitative estimate of drug-likeness (QED) is 0.716. The van der Waals surface area contributed by atoms with Gasteiger partial charge in [0, 0.05) is 6.42 Å². The third-order valence-electron chi connectivity index (χ3n) is 2.00. The van der Waals surface area contributed by atoms with E-state index >= 15 is 0 Å². The van der Waals surface area contributed by atoms with Gasteiger partial charge in [0.1, 0.15) is 11.5 Å². The van der Waals surface area contributed by atoms with Crippen molar-refractivity contribution in [2.75, 3.05) is 6.61 Å². The average molecular weight is 192 g/mol. The summed E-state index contributed by atoms with van der Waals surface area (Å²) in [5.41, 5.74) is 1.18. The molecule has 2 heteroatoms. The fourth-order valence-electron chi connectivity index (χ4n) is 1.24. The summed E-state index contributed by atoms with van der Waals surface area (Å²) >= 11 is 0. The first-order valence-corrected chi connectivity index (χ1v) is 4.93. The number of hydrogen-bond acceptors (Lipinski definition) is 2. The van der Waals surface area contributed by atoms with E-state index in [2.05, 4.69) is 0 Å². The number of benzene rings is 1. The van der Waals surface area contributed by atoms with Crippen LogP contribution in [0.4, 0.5) is 0 Å². The highest BCUT2D eigenvalue weighted by Gasteiger charge is 1.97. The number of rotatable bonds is 5. The topological polar surface area (TPSA) is 26.3 Å². The van der Waals surface area contributed by atoms with Crippen molar-refractivity contribution in [1.82, 2.24) is 0 Å². The standard InChI is InChI=1S/C12H16O2/c1-3-14-12-8-6-11(7-9-12)5-4-10(2)13/h6-9H,3-5H2,1-2H3. The van der Waals surface area contributed by atoms with Gasteiger partial charge in [0.05, 0.1) is 6.61 Å². The Hall–Kier alpha value is -1.31. The summed E-state index contributed by atoms with van der Waals surface area (Å²) in [7, 11) is 0. The van der Waals surface area contributed by atoms with Gasteiger partial charge in [-0.05, 0) is 38.0 Å². The molecule has 0 bridgehead atoms. The van der Waals surface area contributed by atoms with Crippen molar-refractivity contribution in [3.05, 3.63) is 29.8 Å². The van der Waals surface area contributed by atoms with Gasteiger partial charge in [-0.15, -0.1) is 0 Å². The van der Waals surface area contributed by atoms with Crippen molar-refractivity contribution >= 4 is 5.78 Å². The van der Waals surface area contributed by atoms with Crippen LogP contribution < -0.4 is 4.74 Å². The maximum absolute atomic E-state index is 10.8. The summed E-state index contributed by atoms with van der Waals surface area (Å²) in [5.74, 6) is 1.12. The maximum atomic E-state index is 10.8. The molecule has 2 nitrogen and oxygen atoms in total. The molecule has 0 saturated carbocycles. The van der Waals surface area contributed by atoms with Crippen molar-refractivity contribution < 1.29 is 9.53 Å². The van der Waals surface area contributed by atoms with Gasteiger partial charge in [0.15, 0.2) is 0 Å². The molecule has 0 aromatic heterocycles. The minimum atomic E-state index is 0.235. The van der Waals surface area contributed by atoms with Gasteiger partial charge in [-0.25, -0.2) is 0 Å². The molecule has 0 atom stereocenters. The monoisotopic (exact) mass is 192 g/mol. The zero-order valence-corrected chi connectivity index (χ0v) is 8.75. The van der Waals surface area contributed by atoms with Crippen LogP contribution in [0.2, 0.25) is 0 Å². The molecule has 0 heterocycles. The fraction of sp³-hybridized carbons (Fsp3) is 0.417. The molecule has 0 aliphatic carbocycles. The fourth-order valence-corrected chi connectivity index (χ4v) is 1.24. The summed E-state index contributed by atoms with van der Waals surface area (Å²) in [6.07, 6.45) is 1.44. The summed E-state index contributed by atoms with van der Waals surface area (Å²) in [6.45, 7) is 4.27. The predicted octanol–water partition coefficient (Wildman–Crippen LogP) is 2.61. The molecule has 0 aliphatic rings. The van der Waals surface area contributed by atoms with Crippen molar-refractivity contribution in [1.29, 1.82) is 0 Å². The normalized spacial score (nSPS) is 9.86. The summed E-state index contributed by atoms with van der Waals surface area (Å²) in [5, 5.41) is 0. The largest absolute Gasteiger partial charge is 0.494 e. The van der Waals surface area contributed by atoms with Gasteiger partial charge in [-0.1, -0.05) is 12.1 Å². The molecule has 0 N–H and O–H groups in total. The lowest BCUT2D eigenvalue weighted by atomic mass is 10.1. The molecule has 1 rings (SSSR count). The highest BCUT2D eigenvalue weighted by molar-refractivity contribution is 5.75. The van der Waals surface area contributed by atoms with Crippen LogP contribution in [0.25, 0.3) is 0 Å². The second kappa shape index (κ2) is 5.43. The lowest BCUT2D eigenvalue weighted by molar-refractivity contribution is -0.116. The van der Waals surface area contributed by atoms with Crippen LogP contribution in [0, 0.1) is 0 Å². The van der Waals surface area contributed by atoms with Crippen LogP contribution in [0.5, 0.6) is 5.75 Å². The lowest BCUT2D eigenvalue weighted by Gasteiger charge is -2.03. The van der Waals surface area contributed by atoms with Crippen LogP contribution >= 0.6 is 0 Å². The maximum Gasteiger partial charge on any atom is 0.130 e. The van der Waals surface area contributed by atoms with E-state index in [0.717, 1.165) is 12.2 Å². The van der Waals surface area contributed by atoms with E-state index in [1.807, 2.05) is 31.2 Å². The van der Waals surface area contributed by atoms with E-state index in [4.69, 9.17) is 4.74 Å². The third-order valence-corrected chi connectivity index (χ3v) is 2.00. The second-order valence-corrected chi connectivity index (χ2v) is 3.28. The van der Waals surface area contributed by atoms with Crippen LogP contribution in [0.1, 0.15) is 25.8 Å². The van der Waals surface area contributed by atoms with Gasteiger partial charge in [-0.2, -0.15) is 0 Å². The molecule has 0 amide bonds. The number of aryl methyl sites for hydroxylation is 1. The van der Waals surface area contributed by atoms with E-state index in [1.165, 1.54) is 5.56 Å². The Balaban J connectivity index is 2.50. The smallest absolute Gasteiger partial charge is 0.130 e. The minimum absolute atomic E-state index is 0.235. The zero-order chi connectivity index (χ0) is 10.4. The molecule has 0 radical (unpaired) electrons. The van der Waals surface area contributed by atoms with E-state index in [9.17, 15) is 4.79 Å². The number of carbonyl (C=O) groups is 1. The van der Waals surface area contributed by atoms with Gasteiger partial charge >= 0.3 is 0 Å². The molecule has 1 aromatic rings. The van der Waals surface area contributed by atoms with E-state index < -0.39 is 0 Å². The summed E-state index contributed by atoms with van der Waals surface area (Å²) in [4.78, 5) is 10.8. The van der Waals surface area contributed by atoms with Crippen LogP contribution in [-0.4, -0.2) is 12.4 Å². The molecule has 1 aromatic carbocycles. The molecule has 0 fully saturated rings. The number of ketones is 1. The van der Waals surface area contributed by atoms with Gasteiger partial charge in [0.2, 0.25) is 0 Å². The SMILES string of the molecule is CCOc1ccc(CCC(C)=O)cc1. The summed E-state index contributed by atoms with van der Waals surface area (Å²) in [6, 6.07) is 7.90. The van der Waals surface area contributed by atoms with Crippen molar-refractivity contribution in [2.24, 2.45) is 0 Å². The number of ether oxygens (including phenoxy) is 1. The predicted molar refractivity (Wildman–Crippen MR) is 56.6 cm³/mol. The molecule has 76 valence electrons. The molecule has 0 saturated heterocycles. The zero-order valence-electron chi connectivity index (χ0n) is 8.75. The lowest BCUT2D eigenvalue weighted by Crippen LogP contribution is -1.95. The molecular formula is C12H16O2. The molecule has 0 unspecified atom stereocenters. The highest BCUT2D eigenvalue weighted by Crippen LogP contribution is 2.13. The van der Waals surface area contributed by atoms with Crippen molar-refractivity contribution in [3.8, 4) is 5.75 Å². The van der Waals surface area contributed by atoms with Crippen molar-refractivity contribution in [3.63, 3.8) is 0 Å². The van der Waals surface area contributed by atoms with Crippen molar-refractivity contribution in [2.45, 2.75) is 26.7 Å². The average Bonchev–Trinajstić information content (AvgIpc) is 2.17. The van der Waals surface area contributed by atoms with E-state index in [-0.39, 0.29) is 5.78 Å². The highest BCUT2D eigenvalue weighted by atomic mass is 16.5. The Morgan fingerprint density at radius 2 is 1.93 bits per heavy atom. The Kier molecular flexibility index (Phi) is 4.17. The number of hydrogen-bond donors (Lipinski definition) is 0. The third kappa shape index (κ3) is 3.60. The number of Topliss-reactive ketones (excluding diaryl/α,β-unsaturated/α-hetero) is 1. The van der Waals surface area contributed by atoms with Crippen LogP contribution in [0.3, 0.4) is 0 Å². The minimum Gasteiger partial charge on any atom is -0.494 e. The Morgan fingerprint density at radius 1 is 1.29 bits per heavy atom. The van der Waals surface area contributed by atoms with Gasteiger partial charge < -0.3 is 9.53 Å². The Bertz CT molecular complexity index is 288. The van der Waals surface area contributed by atoms with Crippen LogP contribution in [-0.2, 0) is 11.2 Å². The summed E-state index contributed by atoms with van der Waals surface area (Å²) < 4.78 is 5.32. The molecular weight excluding hydrogens is 176 g/mol. The first-order valence-electron chi connectivity index (χ1n) is 4.93. The van der Waals surface area contributed by atoms with E-state index in [1.54, 1.807) is 6.92 Å². The first kappa shape index (κ1) is 10.8. The molecule has 0 aliphatic heterocycles. The van der Waals surface area contributed by atoms with Crippen LogP contribution in [0.15, 0.2) is 24.3 Å². The van der Waals surface area contributed by atoms with Gasteiger partial charge in [0.25, 0.3) is 0 Å². The van der Waals surface area contributed by atoms with E-state index in [0.29, 0.717) is 13.0 Å². The number of carbonyl (C=O) groups excluding carboxylic acids is 1. The molecule has 0 spiro atoms.